The minimum atomic E-state index is -1.06. The van der Waals surface area contributed by atoms with Crippen molar-refractivity contribution >= 4 is 50.6 Å². The Bertz CT molecular complexity index is 736. The van der Waals surface area contributed by atoms with Crippen LogP contribution in [0.5, 0.6) is 0 Å². The first-order chi connectivity index (χ1) is 9.90. The molecule has 0 fully saturated rings. The highest BCUT2D eigenvalue weighted by Crippen LogP contribution is 2.36. The SMILES string of the molecule is O=C(O)c1ccc(Nc2cccc(Cl)c2[N+](=O)[O-])c(Br)c1. The number of nitro benzene ring substituents is 1. The Kier molecular flexibility index (Phi) is 4.44. The number of nitro groups is 1. The van der Waals surface area contributed by atoms with Gasteiger partial charge in [-0.15, -0.1) is 0 Å². The molecular weight excluding hydrogens is 364 g/mol. The van der Waals surface area contributed by atoms with E-state index in [1.807, 2.05) is 0 Å². The zero-order valence-corrected chi connectivity index (χ0v) is 12.7. The molecule has 0 aromatic heterocycles. The number of hydrogen-bond acceptors (Lipinski definition) is 4. The van der Waals surface area contributed by atoms with Gasteiger partial charge >= 0.3 is 11.7 Å². The maximum Gasteiger partial charge on any atom is 0.335 e. The number of halogens is 2. The lowest BCUT2D eigenvalue weighted by atomic mass is 10.2. The summed E-state index contributed by atoms with van der Waals surface area (Å²) >= 11 is 9.05. The molecule has 108 valence electrons. The summed E-state index contributed by atoms with van der Waals surface area (Å²) in [6, 6.07) is 8.83. The van der Waals surface area contributed by atoms with E-state index in [1.54, 1.807) is 6.07 Å². The Hall–Kier alpha value is -2.12. The minimum Gasteiger partial charge on any atom is -0.478 e. The zero-order valence-electron chi connectivity index (χ0n) is 10.3. The molecule has 0 saturated heterocycles. The van der Waals surface area contributed by atoms with Crippen LogP contribution in [0.3, 0.4) is 0 Å². The highest BCUT2D eigenvalue weighted by molar-refractivity contribution is 9.10. The first kappa shape index (κ1) is 15.3. The van der Waals surface area contributed by atoms with Crippen LogP contribution in [-0.4, -0.2) is 16.0 Å². The summed E-state index contributed by atoms with van der Waals surface area (Å²) in [7, 11) is 0. The molecule has 0 atom stereocenters. The number of hydrogen-bond donors (Lipinski definition) is 2. The van der Waals surface area contributed by atoms with Crippen LogP contribution in [0.2, 0.25) is 5.02 Å². The number of anilines is 2. The molecular formula is C13H8BrClN2O4. The molecule has 0 aliphatic rings. The molecule has 8 heteroatoms. The third kappa shape index (κ3) is 3.32. The Morgan fingerprint density at radius 2 is 2.00 bits per heavy atom. The molecule has 0 amide bonds. The highest BCUT2D eigenvalue weighted by Gasteiger charge is 2.19. The summed E-state index contributed by atoms with van der Waals surface area (Å²) in [5.41, 5.74) is 0.572. The molecule has 2 N–H and O–H groups in total. The fourth-order valence-electron chi connectivity index (χ4n) is 1.70. The van der Waals surface area contributed by atoms with E-state index in [1.165, 1.54) is 30.3 Å². The van der Waals surface area contributed by atoms with Crippen molar-refractivity contribution in [2.24, 2.45) is 0 Å². The van der Waals surface area contributed by atoms with Crippen LogP contribution >= 0.6 is 27.5 Å². The third-order valence-electron chi connectivity index (χ3n) is 2.65. The topological polar surface area (TPSA) is 92.5 Å². The van der Waals surface area contributed by atoms with Gasteiger partial charge in [0.2, 0.25) is 0 Å². The van der Waals surface area contributed by atoms with Crippen LogP contribution in [0.4, 0.5) is 17.1 Å². The number of nitrogens with zero attached hydrogens (tertiary/aromatic N) is 1. The smallest absolute Gasteiger partial charge is 0.335 e. The number of para-hydroxylation sites is 1. The molecule has 0 spiro atoms. The summed E-state index contributed by atoms with van der Waals surface area (Å²) in [5.74, 6) is -1.06. The second-order valence-corrected chi connectivity index (χ2v) is 5.28. The van der Waals surface area contributed by atoms with E-state index in [-0.39, 0.29) is 22.0 Å². The van der Waals surface area contributed by atoms with Crippen molar-refractivity contribution in [2.45, 2.75) is 0 Å². The average molecular weight is 372 g/mol. The van der Waals surface area contributed by atoms with Gasteiger partial charge in [0, 0.05) is 4.47 Å². The van der Waals surface area contributed by atoms with Gasteiger partial charge in [0.15, 0.2) is 0 Å². The zero-order chi connectivity index (χ0) is 15.6. The lowest BCUT2D eigenvalue weighted by Gasteiger charge is -2.10. The second kappa shape index (κ2) is 6.11. The molecule has 0 radical (unpaired) electrons. The fraction of sp³-hybridized carbons (Fsp3) is 0. The van der Waals surface area contributed by atoms with Crippen LogP contribution in [0.15, 0.2) is 40.9 Å². The van der Waals surface area contributed by atoms with Crippen LogP contribution in [0.25, 0.3) is 0 Å². The van der Waals surface area contributed by atoms with Gasteiger partial charge in [0.25, 0.3) is 0 Å². The van der Waals surface area contributed by atoms with Gasteiger partial charge in [-0.1, -0.05) is 17.7 Å². The number of carboxylic acid groups (broad SMARTS) is 1. The van der Waals surface area contributed by atoms with Crippen LogP contribution < -0.4 is 5.32 Å². The van der Waals surface area contributed by atoms with Crippen LogP contribution in [0.1, 0.15) is 10.4 Å². The van der Waals surface area contributed by atoms with Crippen molar-refractivity contribution in [3.8, 4) is 0 Å². The molecule has 0 saturated carbocycles. The summed E-state index contributed by atoms with van der Waals surface area (Å²) in [6.07, 6.45) is 0. The number of benzene rings is 2. The van der Waals surface area contributed by atoms with Crippen molar-refractivity contribution in [2.75, 3.05) is 5.32 Å². The molecule has 2 aromatic carbocycles. The monoisotopic (exact) mass is 370 g/mol. The van der Waals surface area contributed by atoms with Crippen molar-refractivity contribution < 1.29 is 14.8 Å². The Labute approximate surface area is 132 Å². The van der Waals surface area contributed by atoms with Crippen LogP contribution in [0, 0.1) is 10.1 Å². The van der Waals surface area contributed by atoms with Crippen LogP contribution in [-0.2, 0) is 0 Å². The summed E-state index contributed by atoms with van der Waals surface area (Å²) in [6.45, 7) is 0. The van der Waals surface area contributed by atoms with Gasteiger partial charge in [-0.05, 0) is 46.3 Å². The Morgan fingerprint density at radius 1 is 1.29 bits per heavy atom. The average Bonchev–Trinajstić information content (AvgIpc) is 2.40. The van der Waals surface area contributed by atoms with E-state index in [0.717, 1.165) is 0 Å². The molecule has 0 aliphatic heterocycles. The van der Waals surface area contributed by atoms with Crippen molar-refractivity contribution in [3.63, 3.8) is 0 Å². The molecule has 21 heavy (non-hydrogen) atoms. The Morgan fingerprint density at radius 3 is 2.57 bits per heavy atom. The van der Waals surface area contributed by atoms with Gasteiger partial charge in [-0.25, -0.2) is 4.79 Å². The predicted molar refractivity (Wildman–Crippen MR) is 82.5 cm³/mol. The summed E-state index contributed by atoms with van der Waals surface area (Å²) < 4.78 is 0.469. The second-order valence-electron chi connectivity index (χ2n) is 4.02. The number of carbonyl (C=O) groups is 1. The quantitative estimate of drug-likeness (QED) is 0.612. The normalized spacial score (nSPS) is 10.2. The van der Waals surface area contributed by atoms with E-state index in [9.17, 15) is 14.9 Å². The van der Waals surface area contributed by atoms with E-state index in [4.69, 9.17) is 16.7 Å². The summed E-state index contributed by atoms with van der Waals surface area (Å²) in [5, 5.41) is 22.8. The maximum atomic E-state index is 11.1. The van der Waals surface area contributed by atoms with Crippen molar-refractivity contribution in [3.05, 3.63) is 61.6 Å². The first-order valence-electron chi connectivity index (χ1n) is 5.63. The van der Waals surface area contributed by atoms with Gasteiger partial charge in [-0.3, -0.25) is 10.1 Å². The minimum absolute atomic E-state index is 0.0169. The Balaban J connectivity index is 2.42. The van der Waals surface area contributed by atoms with E-state index in [0.29, 0.717) is 10.2 Å². The molecule has 0 bridgehead atoms. The lowest BCUT2D eigenvalue weighted by molar-refractivity contribution is -0.383. The van der Waals surface area contributed by atoms with Gasteiger partial charge in [-0.2, -0.15) is 0 Å². The third-order valence-corrected chi connectivity index (χ3v) is 3.62. The fourth-order valence-corrected chi connectivity index (χ4v) is 2.42. The van der Waals surface area contributed by atoms with Crippen molar-refractivity contribution in [1.29, 1.82) is 0 Å². The number of nitrogens with one attached hydrogen (secondary N) is 1. The van der Waals surface area contributed by atoms with Gasteiger partial charge in [0.1, 0.15) is 10.7 Å². The molecule has 0 heterocycles. The number of aromatic carboxylic acids is 1. The van der Waals surface area contributed by atoms with E-state index >= 15 is 0 Å². The maximum absolute atomic E-state index is 11.1. The number of rotatable bonds is 4. The molecule has 6 nitrogen and oxygen atoms in total. The molecule has 0 unspecified atom stereocenters. The van der Waals surface area contributed by atoms with Gasteiger partial charge in [0.05, 0.1) is 16.2 Å². The van der Waals surface area contributed by atoms with Crippen molar-refractivity contribution in [1.82, 2.24) is 0 Å². The highest BCUT2D eigenvalue weighted by atomic mass is 79.9. The standard InChI is InChI=1S/C13H8BrClN2O4/c14-8-6-7(13(18)19)4-5-10(8)16-11-3-1-2-9(15)12(11)17(20)21/h1-6,16H,(H,18,19). The van der Waals surface area contributed by atoms with Gasteiger partial charge < -0.3 is 10.4 Å². The van der Waals surface area contributed by atoms with E-state index < -0.39 is 10.9 Å². The largest absolute Gasteiger partial charge is 0.478 e. The van der Waals surface area contributed by atoms with E-state index in [2.05, 4.69) is 21.2 Å². The molecule has 2 rings (SSSR count). The lowest BCUT2D eigenvalue weighted by Crippen LogP contribution is -2.00. The number of carboxylic acids is 1. The first-order valence-corrected chi connectivity index (χ1v) is 6.80. The molecule has 0 aliphatic carbocycles. The predicted octanol–water partition coefficient (Wildman–Crippen LogP) is 4.45. The molecule has 2 aromatic rings. The summed E-state index contributed by atoms with van der Waals surface area (Å²) in [4.78, 5) is 21.3.